The van der Waals surface area contributed by atoms with E-state index in [1.54, 1.807) is 0 Å². The summed E-state index contributed by atoms with van der Waals surface area (Å²) in [6, 6.07) is 7.04. The van der Waals surface area contributed by atoms with E-state index in [4.69, 9.17) is 0 Å². The van der Waals surface area contributed by atoms with Crippen LogP contribution in [0.4, 0.5) is 10.1 Å². The molecule has 1 fully saturated rings. The van der Waals surface area contributed by atoms with E-state index in [0.717, 1.165) is 44.0 Å². The first-order valence-electron chi connectivity index (χ1n) is 9.00. The van der Waals surface area contributed by atoms with Crippen molar-refractivity contribution in [2.24, 2.45) is 0 Å². The number of likely N-dealkylation sites (tertiary alicyclic amines) is 1. The standard InChI is InChI=1S/C19H27FN4/c1-2-3-6-19-21-12-18(23-19)14-24-11-4-5-17(13-24)22-16-9-7-15(20)8-10-16/h7-10,12,17,22H,2-6,11,13-14H2,1H3,(H,21,23). The molecule has 1 aromatic carbocycles. The molecule has 1 aromatic heterocycles. The zero-order valence-corrected chi connectivity index (χ0v) is 14.4. The molecule has 1 atom stereocenters. The Balaban J connectivity index is 1.51. The molecule has 4 nitrogen and oxygen atoms in total. The Morgan fingerprint density at radius 2 is 2.17 bits per heavy atom. The smallest absolute Gasteiger partial charge is 0.123 e. The van der Waals surface area contributed by atoms with Crippen LogP contribution in [0, 0.1) is 5.82 Å². The molecule has 1 unspecified atom stereocenters. The third-order valence-electron chi connectivity index (χ3n) is 4.56. The molecule has 0 spiro atoms. The van der Waals surface area contributed by atoms with E-state index in [1.165, 1.54) is 37.1 Å². The zero-order chi connectivity index (χ0) is 16.8. The lowest BCUT2D eigenvalue weighted by atomic mass is 10.1. The fourth-order valence-corrected chi connectivity index (χ4v) is 3.30. The molecule has 24 heavy (non-hydrogen) atoms. The van der Waals surface area contributed by atoms with Crippen LogP contribution in [0.1, 0.15) is 44.1 Å². The number of piperidine rings is 1. The Bertz CT molecular complexity index is 623. The number of nitrogens with zero attached hydrogens (tertiary/aromatic N) is 2. The molecule has 3 rings (SSSR count). The maximum Gasteiger partial charge on any atom is 0.123 e. The lowest BCUT2D eigenvalue weighted by Gasteiger charge is -2.33. The van der Waals surface area contributed by atoms with Crippen LogP contribution in [0.15, 0.2) is 30.5 Å². The zero-order valence-electron chi connectivity index (χ0n) is 14.4. The van der Waals surface area contributed by atoms with Gasteiger partial charge in [0.15, 0.2) is 0 Å². The fourth-order valence-electron chi connectivity index (χ4n) is 3.30. The minimum Gasteiger partial charge on any atom is -0.381 e. The highest BCUT2D eigenvalue weighted by Crippen LogP contribution is 2.18. The SMILES string of the molecule is CCCCc1ncc(CN2CCCC(Nc3ccc(F)cc3)C2)[nH]1. The summed E-state index contributed by atoms with van der Waals surface area (Å²) in [5.74, 6) is 0.911. The third-order valence-corrected chi connectivity index (χ3v) is 4.56. The Hall–Kier alpha value is -1.88. The van der Waals surface area contributed by atoms with Gasteiger partial charge in [0.1, 0.15) is 11.6 Å². The van der Waals surface area contributed by atoms with Crippen LogP contribution < -0.4 is 5.32 Å². The molecule has 0 amide bonds. The molecule has 2 heterocycles. The predicted octanol–water partition coefficient (Wildman–Crippen LogP) is 3.97. The van der Waals surface area contributed by atoms with Gasteiger partial charge in [-0.15, -0.1) is 0 Å². The van der Waals surface area contributed by atoms with Gasteiger partial charge in [0.25, 0.3) is 0 Å². The van der Waals surface area contributed by atoms with Crippen LogP contribution in [0.5, 0.6) is 0 Å². The van der Waals surface area contributed by atoms with Crippen molar-refractivity contribution in [2.75, 3.05) is 18.4 Å². The predicted molar refractivity (Wildman–Crippen MR) is 95.5 cm³/mol. The lowest BCUT2D eigenvalue weighted by Crippen LogP contribution is -2.41. The van der Waals surface area contributed by atoms with Crippen LogP contribution in [0.2, 0.25) is 0 Å². The van der Waals surface area contributed by atoms with Crippen molar-refractivity contribution < 1.29 is 4.39 Å². The van der Waals surface area contributed by atoms with E-state index in [1.807, 2.05) is 18.3 Å². The number of benzene rings is 1. The number of nitrogens with one attached hydrogen (secondary N) is 2. The van der Waals surface area contributed by atoms with E-state index in [9.17, 15) is 4.39 Å². The Labute approximate surface area is 143 Å². The summed E-state index contributed by atoms with van der Waals surface area (Å²) in [6.07, 6.45) is 7.71. The second kappa shape index (κ2) is 8.29. The second-order valence-corrected chi connectivity index (χ2v) is 6.68. The number of hydrogen-bond donors (Lipinski definition) is 2. The highest BCUT2D eigenvalue weighted by molar-refractivity contribution is 5.43. The molecule has 130 valence electrons. The molecule has 0 radical (unpaired) electrons. The van der Waals surface area contributed by atoms with Gasteiger partial charge in [0.2, 0.25) is 0 Å². The average molecular weight is 330 g/mol. The summed E-state index contributed by atoms with van der Waals surface area (Å²) < 4.78 is 13.0. The van der Waals surface area contributed by atoms with Gasteiger partial charge < -0.3 is 10.3 Å². The van der Waals surface area contributed by atoms with E-state index in [-0.39, 0.29) is 5.82 Å². The number of halogens is 1. The van der Waals surface area contributed by atoms with Crippen LogP contribution in [0.3, 0.4) is 0 Å². The van der Waals surface area contributed by atoms with Gasteiger partial charge in [0.05, 0.1) is 0 Å². The Kier molecular flexibility index (Phi) is 5.86. The first-order chi connectivity index (χ1) is 11.7. The van der Waals surface area contributed by atoms with Gasteiger partial charge in [-0.05, 0) is 50.1 Å². The summed E-state index contributed by atoms with van der Waals surface area (Å²) in [7, 11) is 0. The van der Waals surface area contributed by atoms with Gasteiger partial charge in [-0.2, -0.15) is 0 Å². The van der Waals surface area contributed by atoms with Gasteiger partial charge >= 0.3 is 0 Å². The fraction of sp³-hybridized carbons (Fsp3) is 0.526. The average Bonchev–Trinajstić information content (AvgIpc) is 3.03. The van der Waals surface area contributed by atoms with Crippen molar-refractivity contribution in [3.63, 3.8) is 0 Å². The molecule has 2 N–H and O–H groups in total. The van der Waals surface area contributed by atoms with E-state index < -0.39 is 0 Å². The van der Waals surface area contributed by atoms with E-state index in [2.05, 4.69) is 27.1 Å². The number of aryl methyl sites for hydroxylation is 1. The van der Waals surface area contributed by atoms with Crippen molar-refractivity contribution >= 4 is 5.69 Å². The first kappa shape index (κ1) is 17.0. The molecule has 1 saturated heterocycles. The number of rotatable bonds is 7. The largest absolute Gasteiger partial charge is 0.381 e. The highest BCUT2D eigenvalue weighted by Gasteiger charge is 2.20. The second-order valence-electron chi connectivity index (χ2n) is 6.68. The molecule has 0 saturated carbocycles. The van der Waals surface area contributed by atoms with Crippen molar-refractivity contribution in [2.45, 2.75) is 51.6 Å². The summed E-state index contributed by atoms with van der Waals surface area (Å²) in [5.41, 5.74) is 2.19. The molecular weight excluding hydrogens is 303 g/mol. The number of imidazole rings is 1. The Morgan fingerprint density at radius 3 is 2.96 bits per heavy atom. The van der Waals surface area contributed by atoms with Crippen molar-refractivity contribution in [1.82, 2.24) is 14.9 Å². The molecule has 2 aromatic rings. The number of H-pyrrole nitrogens is 1. The lowest BCUT2D eigenvalue weighted by molar-refractivity contribution is 0.206. The number of aromatic amines is 1. The van der Waals surface area contributed by atoms with Gasteiger partial charge in [-0.3, -0.25) is 4.90 Å². The van der Waals surface area contributed by atoms with E-state index >= 15 is 0 Å². The molecule has 0 aliphatic carbocycles. The number of unbranched alkanes of at least 4 members (excludes halogenated alkanes) is 1. The van der Waals surface area contributed by atoms with Gasteiger partial charge in [-0.25, -0.2) is 9.37 Å². The molecule has 1 aliphatic heterocycles. The maximum atomic E-state index is 13.0. The molecular formula is C19H27FN4. The number of anilines is 1. The van der Waals surface area contributed by atoms with Crippen molar-refractivity contribution in [1.29, 1.82) is 0 Å². The molecule has 0 bridgehead atoms. The molecule has 5 heteroatoms. The quantitative estimate of drug-likeness (QED) is 0.807. The van der Waals surface area contributed by atoms with Crippen LogP contribution >= 0.6 is 0 Å². The number of aromatic nitrogens is 2. The van der Waals surface area contributed by atoms with Crippen LogP contribution in [-0.2, 0) is 13.0 Å². The topological polar surface area (TPSA) is 44.0 Å². The van der Waals surface area contributed by atoms with Crippen molar-refractivity contribution in [3.8, 4) is 0 Å². The minimum atomic E-state index is -0.191. The van der Waals surface area contributed by atoms with Crippen molar-refractivity contribution in [3.05, 3.63) is 47.8 Å². The highest BCUT2D eigenvalue weighted by atomic mass is 19.1. The monoisotopic (exact) mass is 330 g/mol. The van der Waals surface area contributed by atoms with E-state index in [0.29, 0.717) is 6.04 Å². The van der Waals surface area contributed by atoms with Gasteiger partial charge in [-0.1, -0.05) is 13.3 Å². The normalized spacial score (nSPS) is 18.7. The first-order valence-corrected chi connectivity index (χ1v) is 9.00. The Morgan fingerprint density at radius 1 is 1.33 bits per heavy atom. The molecule has 1 aliphatic rings. The summed E-state index contributed by atoms with van der Waals surface area (Å²) in [5, 5.41) is 3.52. The van der Waals surface area contributed by atoms with Crippen LogP contribution in [0.25, 0.3) is 0 Å². The summed E-state index contributed by atoms with van der Waals surface area (Å²) in [6.45, 7) is 5.23. The summed E-state index contributed by atoms with van der Waals surface area (Å²) in [4.78, 5) is 10.4. The summed E-state index contributed by atoms with van der Waals surface area (Å²) >= 11 is 0. The van der Waals surface area contributed by atoms with Crippen LogP contribution in [-0.4, -0.2) is 34.0 Å². The maximum absolute atomic E-state index is 13.0. The minimum absolute atomic E-state index is 0.191. The van der Waals surface area contributed by atoms with Gasteiger partial charge in [0, 0.05) is 43.1 Å². The third kappa shape index (κ3) is 4.81. The number of hydrogen-bond acceptors (Lipinski definition) is 3.